The number of benzene rings is 2. The Morgan fingerprint density at radius 1 is 1.18 bits per heavy atom. The van der Waals surface area contributed by atoms with E-state index in [1.165, 1.54) is 16.7 Å². The molecular formula is C20H18BrNO4S2. The Kier molecular flexibility index (Phi) is 6.64. The molecule has 5 nitrogen and oxygen atoms in total. The number of carbonyl (C=O) groups is 1. The van der Waals surface area contributed by atoms with E-state index in [4.69, 9.17) is 21.7 Å². The number of phenols is 1. The van der Waals surface area contributed by atoms with Gasteiger partial charge in [0.1, 0.15) is 5.75 Å². The molecule has 1 aliphatic rings. The molecule has 0 radical (unpaired) electrons. The molecule has 2 aromatic rings. The normalized spacial score (nSPS) is 15.4. The van der Waals surface area contributed by atoms with Crippen molar-refractivity contribution < 1.29 is 19.4 Å². The van der Waals surface area contributed by atoms with E-state index < -0.39 is 0 Å². The van der Waals surface area contributed by atoms with Gasteiger partial charge in [-0.1, -0.05) is 24.0 Å². The maximum Gasteiger partial charge on any atom is 0.270 e. The van der Waals surface area contributed by atoms with Crippen molar-refractivity contribution in [3.63, 3.8) is 0 Å². The molecule has 8 heteroatoms. The second-order valence-corrected chi connectivity index (χ2v) is 8.26. The van der Waals surface area contributed by atoms with Crippen LogP contribution in [0.2, 0.25) is 0 Å². The lowest BCUT2D eigenvalue weighted by molar-refractivity contribution is -0.113. The number of halogens is 1. The Balaban J connectivity index is 1.89. The van der Waals surface area contributed by atoms with Gasteiger partial charge in [0.15, 0.2) is 15.8 Å². The summed E-state index contributed by atoms with van der Waals surface area (Å²) in [6.45, 7) is 4.75. The van der Waals surface area contributed by atoms with Crippen LogP contribution < -0.4 is 14.4 Å². The molecule has 1 amide bonds. The minimum absolute atomic E-state index is 0.0286. The fourth-order valence-corrected chi connectivity index (χ4v) is 4.40. The molecular weight excluding hydrogens is 462 g/mol. The first-order chi connectivity index (χ1) is 13.4. The van der Waals surface area contributed by atoms with Crippen LogP contribution in [0, 0.1) is 0 Å². The highest BCUT2D eigenvalue weighted by atomic mass is 79.9. The summed E-state index contributed by atoms with van der Waals surface area (Å²) in [4.78, 5) is 14.9. The van der Waals surface area contributed by atoms with E-state index in [2.05, 4.69) is 15.9 Å². The predicted molar refractivity (Wildman–Crippen MR) is 120 cm³/mol. The van der Waals surface area contributed by atoms with Crippen LogP contribution in [0.4, 0.5) is 5.69 Å². The summed E-state index contributed by atoms with van der Waals surface area (Å²) >= 11 is 9.96. The van der Waals surface area contributed by atoms with E-state index in [9.17, 15) is 9.90 Å². The number of rotatable bonds is 6. The minimum Gasteiger partial charge on any atom is -0.503 e. The number of nitrogens with zero attached hydrogens (tertiary/aromatic N) is 1. The maximum atomic E-state index is 12.9. The number of aromatic hydroxyl groups is 1. The molecule has 0 aliphatic carbocycles. The summed E-state index contributed by atoms with van der Waals surface area (Å²) in [5.41, 5.74) is 1.41. The lowest BCUT2D eigenvalue weighted by Gasteiger charge is -2.15. The van der Waals surface area contributed by atoms with Crippen molar-refractivity contribution in [2.24, 2.45) is 0 Å². The van der Waals surface area contributed by atoms with Gasteiger partial charge < -0.3 is 14.6 Å². The lowest BCUT2D eigenvalue weighted by Crippen LogP contribution is -2.27. The average Bonchev–Trinajstić information content (AvgIpc) is 2.94. The standard InChI is InChI=1S/C20H18BrNO4S2/c1-3-25-14-7-5-13(6-8-14)22-19(24)17(28-20(22)27)11-12-9-15(21)18(23)16(10-12)26-4-2/h5-11,23H,3-4H2,1-2H3/b17-11+. The second-order valence-electron chi connectivity index (χ2n) is 5.73. The molecule has 0 aromatic heterocycles. The molecule has 1 aliphatic heterocycles. The molecule has 1 fully saturated rings. The van der Waals surface area contributed by atoms with Crippen LogP contribution in [0.25, 0.3) is 6.08 Å². The number of hydrogen-bond donors (Lipinski definition) is 1. The number of amides is 1. The van der Waals surface area contributed by atoms with Crippen LogP contribution in [-0.4, -0.2) is 28.5 Å². The molecule has 1 saturated heterocycles. The molecule has 28 heavy (non-hydrogen) atoms. The molecule has 1 heterocycles. The topological polar surface area (TPSA) is 59.0 Å². The largest absolute Gasteiger partial charge is 0.503 e. The summed E-state index contributed by atoms with van der Waals surface area (Å²) in [6.07, 6.45) is 1.74. The lowest BCUT2D eigenvalue weighted by atomic mass is 10.2. The van der Waals surface area contributed by atoms with Gasteiger partial charge in [0.05, 0.1) is 28.3 Å². The number of thioether (sulfide) groups is 1. The number of hydrogen-bond acceptors (Lipinski definition) is 6. The van der Waals surface area contributed by atoms with Gasteiger partial charge in [0, 0.05) is 0 Å². The quantitative estimate of drug-likeness (QED) is 0.444. The number of thiocarbonyl (C=S) groups is 1. The van der Waals surface area contributed by atoms with E-state index in [0.717, 1.165) is 11.3 Å². The maximum absolute atomic E-state index is 12.9. The van der Waals surface area contributed by atoms with Crippen molar-refractivity contribution in [1.29, 1.82) is 0 Å². The van der Waals surface area contributed by atoms with Gasteiger partial charge in [-0.05, 0) is 77.8 Å². The number of phenolic OH excluding ortho intramolecular Hbond substituents is 1. The smallest absolute Gasteiger partial charge is 0.270 e. The molecule has 1 N–H and O–H groups in total. The molecule has 0 saturated carbocycles. The first-order valence-corrected chi connectivity index (χ1v) is 10.6. The van der Waals surface area contributed by atoms with Crippen molar-refractivity contribution >= 4 is 61.9 Å². The monoisotopic (exact) mass is 479 g/mol. The van der Waals surface area contributed by atoms with Gasteiger partial charge >= 0.3 is 0 Å². The van der Waals surface area contributed by atoms with Gasteiger partial charge in [0.25, 0.3) is 5.91 Å². The van der Waals surface area contributed by atoms with E-state index in [-0.39, 0.29) is 11.7 Å². The van der Waals surface area contributed by atoms with Crippen molar-refractivity contribution in [3.8, 4) is 17.2 Å². The summed E-state index contributed by atoms with van der Waals surface area (Å²) in [5.74, 6) is 0.928. The molecule has 146 valence electrons. The van der Waals surface area contributed by atoms with E-state index in [1.807, 2.05) is 38.1 Å². The molecule has 0 bridgehead atoms. The van der Waals surface area contributed by atoms with Crippen LogP contribution >= 0.6 is 39.9 Å². The summed E-state index contributed by atoms with van der Waals surface area (Å²) in [5, 5.41) is 10.1. The highest BCUT2D eigenvalue weighted by Crippen LogP contribution is 2.39. The summed E-state index contributed by atoms with van der Waals surface area (Å²) < 4.78 is 11.8. The molecule has 3 rings (SSSR count). The first-order valence-electron chi connectivity index (χ1n) is 8.60. The Hall–Kier alpha value is -2.03. The number of ether oxygens (including phenoxy) is 2. The van der Waals surface area contributed by atoms with Crippen molar-refractivity contribution in [2.75, 3.05) is 18.1 Å². The van der Waals surface area contributed by atoms with Gasteiger partial charge in [-0.2, -0.15) is 0 Å². The Morgan fingerprint density at radius 3 is 2.50 bits per heavy atom. The minimum atomic E-state index is -0.193. The Morgan fingerprint density at radius 2 is 1.86 bits per heavy atom. The first kappa shape index (κ1) is 20.7. The number of anilines is 1. The highest BCUT2D eigenvalue weighted by molar-refractivity contribution is 9.10. The van der Waals surface area contributed by atoms with Crippen molar-refractivity contribution in [1.82, 2.24) is 0 Å². The van der Waals surface area contributed by atoms with Crippen LogP contribution in [-0.2, 0) is 4.79 Å². The predicted octanol–water partition coefficient (Wildman–Crippen LogP) is 5.36. The van der Waals surface area contributed by atoms with Gasteiger partial charge in [0.2, 0.25) is 0 Å². The highest BCUT2D eigenvalue weighted by Gasteiger charge is 2.33. The van der Waals surface area contributed by atoms with Crippen LogP contribution in [0.3, 0.4) is 0 Å². The van der Waals surface area contributed by atoms with Crippen molar-refractivity contribution in [2.45, 2.75) is 13.8 Å². The van der Waals surface area contributed by atoms with Gasteiger partial charge in [-0.3, -0.25) is 9.69 Å². The molecule has 0 unspecified atom stereocenters. The van der Waals surface area contributed by atoms with E-state index in [0.29, 0.717) is 38.3 Å². The third-order valence-electron chi connectivity index (χ3n) is 3.85. The zero-order valence-electron chi connectivity index (χ0n) is 15.3. The fraction of sp³-hybridized carbons (Fsp3) is 0.200. The van der Waals surface area contributed by atoms with Crippen LogP contribution in [0.15, 0.2) is 45.8 Å². The van der Waals surface area contributed by atoms with E-state index in [1.54, 1.807) is 18.2 Å². The fourth-order valence-electron chi connectivity index (χ4n) is 2.64. The molecule has 0 atom stereocenters. The number of carbonyl (C=O) groups excluding carboxylic acids is 1. The van der Waals surface area contributed by atoms with Gasteiger partial charge in [-0.25, -0.2) is 0 Å². The SMILES string of the molecule is CCOc1ccc(N2C(=O)/C(=C\c3cc(Br)c(O)c(OCC)c3)SC2=S)cc1. The second kappa shape index (κ2) is 8.98. The van der Waals surface area contributed by atoms with Crippen LogP contribution in [0.5, 0.6) is 17.2 Å². The van der Waals surface area contributed by atoms with E-state index >= 15 is 0 Å². The Bertz CT molecular complexity index is 944. The van der Waals surface area contributed by atoms with Crippen molar-refractivity contribution in [3.05, 3.63) is 51.3 Å². The van der Waals surface area contributed by atoms with Gasteiger partial charge in [-0.15, -0.1) is 0 Å². The third-order valence-corrected chi connectivity index (χ3v) is 5.75. The van der Waals surface area contributed by atoms with Crippen LogP contribution in [0.1, 0.15) is 19.4 Å². The zero-order chi connectivity index (χ0) is 20.3. The average molecular weight is 480 g/mol. The summed E-state index contributed by atoms with van der Waals surface area (Å²) in [6, 6.07) is 10.7. The molecule has 0 spiro atoms. The zero-order valence-corrected chi connectivity index (χ0v) is 18.5. The molecule has 2 aromatic carbocycles. The Labute approximate surface area is 181 Å². The third kappa shape index (κ3) is 4.34. The summed E-state index contributed by atoms with van der Waals surface area (Å²) in [7, 11) is 0.